The lowest BCUT2D eigenvalue weighted by Gasteiger charge is -2.06. The van der Waals surface area contributed by atoms with Crippen LogP contribution >= 0.6 is 12.4 Å². The van der Waals surface area contributed by atoms with Crippen molar-refractivity contribution in [3.8, 4) is 16.8 Å². The molecule has 0 saturated heterocycles. The van der Waals surface area contributed by atoms with Crippen molar-refractivity contribution in [2.24, 2.45) is 5.73 Å². The molecule has 0 aliphatic carbocycles. The molecule has 4 aromatic rings. The van der Waals surface area contributed by atoms with Crippen molar-refractivity contribution in [1.82, 2.24) is 24.7 Å². The van der Waals surface area contributed by atoms with Crippen molar-refractivity contribution in [3.63, 3.8) is 0 Å². The Morgan fingerprint density at radius 3 is 2.71 bits per heavy atom. The Bertz CT molecular complexity index is 1200. The van der Waals surface area contributed by atoms with Gasteiger partial charge in [0, 0.05) is 6.54 Å². The maximum absolute atomic E-state index is 12.7. The van der Waals surface area contributed by atoms with Crippen molar-refractivity contribution in [1.29, 1.82) is 0 Å². The molecule has 4 rings (SSSR count). The van der Waals surface area contributed by atoms with Crippen LogP contribution in [0.15, 0.2) is 70.1 Å². The highest BCUT2D eigenvalue weighted by molar-refractivity contribution is 5.85. The molecule has 0 spiro atoms. The van der Waals surface area contributed by atoms with Gasteiger partial charge in [-0.05, 0) is 51.3 Å². The average molecular weight is 403 g/mol. The predicted octanol–water partition coefficient (Wildman–Crippen LogP) is 2.47. The van der Waals surface area contributed by atoms with E-state index in [1.807, 2.05) is 36.4 Å². The first kappa shape index (κ1) is 19.5. The van der Waals surface area contributed by atoms with Gasteiger partial charge in [0.15, 0.2) is 0 Å². The summed E-state index contributed by atoms with van der Waals surface area (Å²) in [4.78, 5) is 12.6. The van der Waals surface area contributed by atoms with Gasteiger partial charge in [0.1, 0.15) is 17.4 Å². The number of aromatic nitrogens is 5. The van der Waals surface area contributed by atoms with E-state index in [0.717, 1.165) is 15.8 Å². The monoisotopic (exact) mass is 402 g/mol. The third kappa shape index (κ3) is 3.57. The van der Waals surface area contributed by atoms with E-state index in [4.69, 9.17) is 10.4 Å². The number of rotatable bonds is 5. The maximum Gasteiger partial charge on any atom is 0.350 e. The van der Waals surface area contributed by atoms with Crippen molar-refractivity contribution in [3.05, 3.63) is 71.2 Å². The van der Waals surface area contributed by atoms with Crippen LogP contribution < -0.4 is 11.4 Å². The molecule has 0 saturated carbocycles. The van der Waals surface area contributed by atoms with Crippen molar-refractivity contribution < 1.29 is 9.02 Å². The van der Waals surface area contributed by atoms with Crippen LogP contribution in [0.5, 0.6) is 0 Å². The second kappa shape index (κ2) is 8.15. The fraction of sp³-hybridized carbons (Fsp3) is 0.111. The standard InChI is InChI=1S/C18H15FN6O2.ClH/c19-8-12(9-20)10-25-18(26)24(11-21-25)15-3-1-2-13(6-15)14-4-5-16-17(7-14)23-27-22-16;/h1-8,11H,9-10,20H2;1H/b12-8+;. The van der Waals surface area contributed by atoms with Crippen molar-refractivity contribution >= 4 is 23.4 Å². The topological polar surface area (TPSA) is 105 Å². The van der Waals surface area contributed by atoms with Crippen LogP contribution in [0.25, 0.3) is 27.8 Å². The number of fused-ring (bicyclic) bond motifs is 1. The second-order valence-corrected chi connectivity index (χ2v) is 5.93. The summed E-state index contributed by atoms with van der Waals surface area (Å²) in [6, 6.07) is 13.0. The number of nitrogens with two attached hydrogens (primary N) is 1. The molecule has 2 N–H and O–H groups in total. The third-order valence-electron chi connectivity index (χ3n) is 4.21. The minimum absolute atomic E-state index is 0. The Morgan fingerprint density at radius 1 is 1.14 bits per heavy atom. The van der Waals surface area contributed by atoms with E-state index in [9.17, 15) is 9.18 Å². The van der Waals surface area contributed by atoms with Crippen LogP contribution in [0.2, 0.25) is 0 Å². The van der Waals surface area contributed by atoms with Gasteiger partial charge >= 0.3 is 5.69 Å². The molecule has 0 amide bonds. The average Bonchev–Trinajstić information content (AvgIpc) is 3.32. The highest BCUT2D eigenvalue weighted by atomic mass is 35.5. The molecule has 0 aliphatic rings. The molecule has 2 aromatic carbocycles. The summed E-state index contributed by atoms with van der Waals surface area (Å²) in [6.45, 7) is 0.0268. The summed E-state index contributed by atoms with van der Waals surface area (Å²) in [5.41, 5.74) is 9.10. The summed E-state index contributed by atoms with van der Waals surface area (Å²) >= 11 is 0. The van der Waals surface area contributed by atoms with E-state index in [0.29, 0.717) is 23.1 Å². The molecule has 0 atom stereocenters. The lowest BCUT2D eigenvalue weighted by molar-refractivity contribution is 0.315. The highest BCUT2D eigenvalue weighted by Crippen LogP contribution is 2.24. The minimum Gasteiger partial charge on any atom is -0.327 e. The molecule has 0 bridgehead atoms. The molecular formula is C18H16ClFN6O2. The summed E-state index contributed by atoms with van der Waals surface area (Å²) < 4.78 is 20.0. The molecule has 0 radical (unpaired) electrons. The van der Waals surface area contributed by atoms with E-state index in [2.05, 4.69) is 15.4 Å². The zero-order chi connectivity index (χ0) is 18.8. The first-order chi connectivity index (χ1) is 13.2. The van der Waals surface area contributed by atoms with Gasteiger partial charge in [0.25, 0.3) is 0 Å². The Hall–Kier alpha value is -3.30. The Balaban J connectivity index is 0.00000225. The van der Waals surface area contributed by atoms with Gasteiger partial charge < -0.3 is 5.73 Å². The summed E-state index contributed by atoms with van der Waals surface area (Å²) in [5.74, 6) is 0. The smallest absolute Gasteiger partial charge is 0.327 e. The predicted molar refractivity (Wildman–Crippen MR) is 104 cm³/mol. The van der Waals surface area contributed by atoms with Crippen LogP contribution in [-0.2, 0) is 6.54 Å². The molecule has 2 heterocycles. The van der Waals surface area contributed by atoms with Gasteiger partial charge in [0.05, 0.1) is 18.6 Å². The quantitative estimate of drug-likeness (QED) is 0.549. The molecule has 144 valence electrons. The van der Waals surface area contributed by atoms with Crippen molar-refractivity contribution in [2.75, 3.05) is 6.54 Å². The third-order valence-corrected chi connectivity index (χ3v) is 4.21. The molecule has 0 unspecified atom stereocenters. The van der Waals surface area contributed by atoms with Gasteiger partial charge in [-0.25, -0.2) is 23.1 Å². The molecule has 0 aliphatic heterocycles. The van der Waals surface area contributed by atoms with Gasteiger partial charge in [0.2, 0.25) is 0 Å². The van der Waals surface area contributed by atoms with Gasteiger partial charge in [-0.3, -0.25) is 0 Å². The molecule has 0 fully saturated rings. The molecule has 10 heteroatoms. The Labute approximate surface area is 164 Å². The minimum atomic E-state index is -0.379. The van der Waals surface area contributed by atoms with E-state index in [-0.39, 0.29) is 36.8 Å². The first-order valence-corrected chi connectivity index (χ1v) is 8.15. The summed E-state index contributed by atoms with van der Waals surface area (Å²) in [6.07, 6.45) is 1.81. The van der Waals surface area contributed by atoms with E-state index in [1.165, 1.54) is 10.9 Å². The second-order valence-electron chi connectivity index (χ2n) is 5.93. The van der Waals surface area contributed by atoms with E-state index >= 15 is 0 Å². The van der Waals surface area contributed by atoms with Crippen LogP contribution in [0.1, 0.15) is 0 Å². The summed E-state index contributed by atoms with van der Waals surface area (Å²) in [5, 5.41) is 11.7. The fourth-order valence-corrected chi connectivity index (χ4v) is 2.76. The molecule has 28 heavy (non-hydrogen) atoms. The van der Waals surface area contributed by atoms with Crippen LogP contribution in [-0.4, -0.2) is 31.2 Å². The number of halogens is 2. The molecule has 2 aromatic heterocycles. The number of benzene rings is 2. The van der Waals surface area contributed by atoms with E-state index < -0.39 is 0 Å². The number of hydrogen-bond donors (Lipinski definition) is 1. The van der Waals surface area contributed by atoms with Crippen molar-refractivity contribution in [2.45, 2.75) is 6.54 Å². The lowest BCUT2D eigenvalue weighted by Crippen LogP contribution is -2.25. The SMILES string of the molecule is Cl.NC/C(=C\F)Cn1ncn(-c2cccc(-c3ccc4nonc4c3)c2)c1=O. The maximum atomic E-state index is 12.7. The zero-order valence-electron chi connectivity index (χ0n) is 14.5. The normalized spacial score (nSPS) is 11.6. The zero-order valence-corrected chi connectivity index (χ0v) is 15.3. The summed E-state index contributed by atoms with van der Waals surface area (Å²) in [7, 11) is 0. The van der Waals surface area contributed by atoms with Gasteiger partial charge in [-0.15, -0.1) is 12.4 Å². The van der Waals surface area contributed by atoms with Gasteiger partial charge in [-0.1, -0.05) is 18.2 Å². The first-order valence-electron chi connectivity index (χ1n) is 8.15. The van der Waals surface area contributed by atoms with Crippen LogP contribution in [0, 0.1) is 0 Å². The van der Waals surface area contributed by atoms with E-state index in [1.54, 1.807) is 6.07 Å². The van der Waals surface area contributed by atoms with Crippen LogP contribution in [0.4, 0.5) is 4.39 Å². The number of hydrogen-bond acceptors (Lipinski definition) is 6. The lowest BCUT2D eigenvalue weighted by atomic mass is 10.0. The Morgan fingerprint density at radius 2 is 1.93 bits per heavy atom. The van der Waals surface area contributed by atoms with Crippen LogP contribution in [0.3, 0.4) is 0 Å². The largest absolute Gasteiger partial charge is 0.350 e. The molecule has 8 nitrogen and oxygen atoms in total. The Kier molecular flexibility index (Phi) is 5.67. The highest BCUT2D eigenvalue weighted by Gasteiger charge is 2.10. The van der Waals surface area contributed by atoms with Gasteiger partial charge in [-0.2, -0.15) is 5.10 Å². The molecular weight excluding hydrogens is 387 g/mol. The number of nitrogens with zero attached hydrogens (tertiary/aromatic N) is 5. The fourth-order valence-electron chi connectivity index (χ4n) is 2.76.